The summed E-state index contributed by atoms with van der Waals surface area (Å²) in [6.07, 6.45) is 0. The number of hydrogen-bond donors (Lipinski definition) is 0. The molecule has 0 fully saturated rings. The molecule has 1 heterocycles. The van der Waals surface area contributed by atoms with Gasteiger partial charge in [0.1, 0.15) is 23.4 Å². The summed E-state index contributed by atoms with van der Waals surface area (Å²) in [4.78, 5) is 8.21. The van der Waals surface area contributed by atoms with Gasteiger partial charge in [0, 0.05) is 11.6 Å². The van der Waals surface area contributed by atoms with Crippen LogP contribution in [0, 0.1) is 31.0 Å². The maximum Gasteiger partial charge on any atom is 0.144 e. The molecule has 4 heteroatoms. The molecule has 3 nitrogen and oxygen atoms in total. The third-order valence-electron chi connectivity index (χ3n) is 2.41. The van der Waals surface area contributed by atoms with Gasteiger partial charge in [-0.1, -0.05) is 0 Å². The number of halogens is 1. The summed E-state index contributed by atoms with van der Waals surface area (Å²) in [5.74, 6) is 0.279. The zero-order chi connectivity index (χ0) is 12.4. The summed E-state index contributed by atoms with van der Waals surface area (Å²) in [5, 5.41) is 8.83. The van der Waals surface area contributed by atoms with Gasteiger partial charge in [-0.2, -0.15) is 5.26 Å². The van der Waals surface area contributed by atoms with Crippen LogP contribution < -0.4 is 0 Å². The number of nitriles is 1. The van der Waals surface area contributed by atoms with Gasteiger partial charge in [0.25, 0.3) is 0 Å². The van der Waals surface area contributed by atoms with Crippen LogP contribution >= 0.6 is 0 Å². The zero-order valence-corrected chi connectivity index (χ0v) is 9.53. The Morgan fingerprint density at radius 2 is 1.94 bits per heavy atom. The molecule has 0 aliphatic heterocycles. The summed E-state index contributed by atoms with van der Waals surface area (Å²) in [6.45, 7) is 3.42. The van der Waals surface area contributed by atoms with E-state index in [0.717, 1.165) is 5.56 Å². The van der Waals surface area contributed by atoms with E-state index in [2.05, 4.69) is 9.97 Å². The first-order valence-corrected chi connectivity index (χ1v) is 5.12. The first kappa shape index (κ1) is 11.2. The van der Waals surface area contributed by atoms with Crippen molar-refractivity contribution in [1.29, 1.82) is 5.26 Å². The maximum absolute atomic E-state index is 13.2. The van der Waals surface area contributed by atoms with E-state index in [1.165, 1.54) is 6.07 Å². The minimum absolute atomic E-state index is 0.250. The van der Waals surface area contributed by atoms with Crippen molar-refractivity contribution < 1.29 is 4.39 Å². The van der Waals surface area contributed by atoms with Crippen LogP contribution in [0.2, 0.25) is 0 Å². The zero-order valence-electron chi connectivity index (χ0n) is 9.53. The summed E-state index contributed by atoms with van der Waals surface area (Å²) in [7, 11) is 0. The quantitative estimate of drug-likeness (QED) is 0.752. The average Bonchev–Trinajstić information content (AvgIpc) is 2.32. The van der Waals surface area contributed by atoms with Crippen molar-refractivity contribution in [1.82, 2.24) is 9.97 Å². The van der Waals surface area contributed by atoms with E-state index >= 15 is 0 Å². The number of aromatic nitrogens is 2. The molecule has 17 heavy (non-hydrogen) atoms. The Morgan fingerprint density at radius 1 is 1.18 bits per heavy atom. The van der Waals surface area contributed by atoms with Gasteiger partial charge in [-0.05, 0) is 37.6 Å². The van der Waals surface area contributed by atoms with Crippen LogP contribution in [-0.2, 0) is 0 Å². The first-order chi connectivity index (χ1) is 8.10. The predicted molar refractivity (Wildman–Crippen MR) is 61.6 cm³/mol. The molecule has 0 aliphatic rings. The molecule has 0 N–H and O–H groups in total. The molecule has 0 spiro atoms. The smallest absolute Gasteiger partial charge is 0.144 e. The standard InChI is InChI=1S/C13H10FN3/c1-8-5-10(3-4-12(8)14)13-6-11(7-15)16-9(2)17-13/h3-6H,1-2H3. The molecule has 0 unspecified atom stereocenters. The van der Waals surface area contributed by atoms with Crippen LogP contribution in [0.5, 0.6) is 0 Å². The highest BCUT2D eigenvalue weighted by molar-refractivity contribution is 5.61. The molecule has 0 amide bonds. The Balaban J connectivity index is 2.56. The molecule has 0 saturated heterocycles. The van der Waals surface area contributed by atoms with Gasteiger partial charge in [0.2, 0.25) is 0 Å². The Labute approximate surface area is 98.6 Å². The lowest BCUT2D eigenvalue weighted by molar-refractivity contribution is 0.619. The van der Waals surface area contributed by atoms with Gasteiger partial charge in [0.15, 0.2) is 0 Å². The fourth-order valence-corrected chi connectivity index (χ4v) is 1.58. The van der Waals surface area contributed by atoms with Crippen LogP contribution in [0.4, 0.5) is 4.39 Å². The number of hydrogen-bond acceptors (Lipinski definition) is 3. The molecule has 1 aromatic heterocycles. The predicted octanol–water partition coefficient (Wildman–Crippen LogP) is 2.77. The van der Waals surface area contributed by atoms with Gasteiger partial charge < -0.3 is 0 Å². The largest absolute Gasteiger partial charge is 0.233 e. The molecule has 0 bridgehead atoms. The van der Waals surface area contributed by atoms with E-state index in [0.29, 0.717) is 22.8 Å². The van der Waals surface area contributed by atoms with Crippen molar-refractivity contribution in [3.05, 3.63) is 47.2 Å². The Kier molecular flexibility index (Phi) is 2.84. The molecule has 0 atom stereocenters. The Bertz CT molecular complexity index is 615. The minimum atomic E-state index is -0.250. The molecule has 2 aromatic rings. The normalized spacial score (nSPS) is 10.0. The lowest BCUT2D eigenvalue weighted by Crippen LogP contribution is -1.95. The third kappa shape index (κ3) is 2.28. The fraction of sp³-hybridized carbons (Fsp3) is 0.154. The van der Waals surface area contributed by atoms with Crippen molar-refractivity contribution in [3.8, 4) is 17.3 Å². The van der Waals surface area contributed by atoms with Crippen LogP contribution in [0.25, 0.3) is 11.3 Å². The highest BCUT2D eigenvalue weighted by Gasteiger charge is 2.06. The van der Waals surface area contributed by atoms with Gasteiger partial charge >= 0.3 is 0 Å². The summed E-state index contributed by atoms with van der Waals surface area (Å²) in [5.41, 5.74) is 2.29. The van der Waals surface area contributed by atoms with Crippen molar-refractivity contribution >= 4 is 0 Å². The van der Waals surface area contributed by atoms with Gasteiger partial charge in [-0.15, -0.1) is 0 Å². The van der Waals surface area contributed by atoms with Gasteiger partial charge in [-0.25, -0.2) is 14.4 Å². The van der Waals surface area contributed by atoms with Crippen molar-refractivity contribution in [3.63, 3.8) is 0 Å². The van der Waals surface area contributed by atoms with Gasteiger partial charge in [0.05, 0.1) is 5.69 Å². The van der Waals surface area contributed by atoms with Crippen LogP contribution in [-0.4, -0.2) is 9.97 Å². The topological polar surface area (TPSA) is 49.6 Å². The summed E-state index contributed by atoms with van der Waals surface area (Å²) >= 11 is 0. The van der Waals surface area contributed by atoms with Crippen LogP contribution in [0.3, 0.4) is 0 Å². The highest BCUT2D eigenvalue weighted by Crippen LogP contribution is 2.20. The lowest BCUT2D eigenvalue weighted by Gasteiger charge is -2.04. The third-order valence-corrected chi connectivity index (χ3v) is 2.41. The number of aryl methyl sites for hydroxylation is 2. The van der Waals surface area contributed by atoms with Crippen molar-refractivity contribution in [2.45, 2.75) is 13.8 Å². The molecule has 84 valence electrons. The molecule has 1 aromatic carbocycles. The number of benzene rings is 1. The molecular formula is C13H10FN3. The van der Waals surface area contributed by atoms with E-state index in [-0.39, 0.29) is 5.82 Å². The van der Waals surface area contributed by atoms with Crippen LogP contribution in [0.15, 0.2) is 24.3 Å². The van der Waals surface area contributed by atoms with E-state index in [1.54, 1.807) is 32.0 Å². The fourth-order valence-electron chi connectivity index (χ4n) is 1.58. The second kappa shape index (κ2) is 4.30. The van der Waals surface area contributed by atoms with E-state index < -0.39 is 0 Å². The Hall–Kier alpha value is -2.28. The molecular weight excluding hydrogens is 217 g/mol. The van der Waals surface area contributed by atoms with E-state index in [9.17, 15) is 4.39 Å². The van der Waals surface area contributed by atoms with E-state index in [1.807, 2.05) is 6.07 Å². The highest BCUT2D eigenvalue weighted by atomic mass is 19.1. The monoisotopic (exact) mass is 227 g/mol. The lowest BCUT2D eigenvalue weighted by atomic mass is 10.1. The average molecular weight is 227 g/mol. The van der Waals surface area contributed by atoms with E-state index in [4.69, 9.17) is 5.26 Å². The van der Waals surface area contributed by atoms with Crippen molar-refractivity contribution in [2.75, 3.05) is 0 Å². The minimum Gasteiger partial charge on any atom is -0.233 e. The molecule has 0 radical (unpaired) electrons. The maximum atomic E-state index is 13.2. The van der Waals surface area contributed by atoms with Crippen molar-refractivity contribution in [2.24, 2.45) is 0 Å². The molecule has 2 rings (SSSR count). The Morgan fingerprint density at radius 3 is 2.59 bits per heavy atom. The number of rotatable bonds is 1. The first-order valence-electron chi connectivity index (χ1n) is 5.12. The second-order valence-corrected chi connectivity index (χ2v) is 3.76. The SMILES string of the molecule is Cc1nc(C#N)cc(-c2ccc(F)c(C)c2)n1. The van der Waals surface area contributed by atoms with Crippen LogP contribution in [0.1, 0.15) is 17.1 Å². The molecule has 0 saturated carbocycles. The molecule has 0 aliphatic carbocycles. The summed E-state index contributed by atoms with van der Waals surface area (Å²) in [6, 6.07) is 8.32. The summed E-state index contributed by atoms with van der Waals surface area (Å²) < 4.78 is 13.2. The second-order valence-electron chi connectivity index (χ2n) is 3.76. The van der Waals surface area contributed by atoms with Gasteiger partial charge in [-0.3, -0.25) is 0 Å². The number of nitrogens with zero attached hydrogens (tertiary/aromatic N) is 3.